The minimum absolute atomic E-state index is 0.438. The van der Waals surface area contributed by atoms with E-state index in [0.29, 0.717) is 5.82 Å². The van der Waals surface area contributed by atoms with E-state index in [1.165, 1.54) is 10.7 Å². The number of hydrogen-bond acceptors (Lipinski definition) is 3. The standard InChI is InChI=1S/C18H17F2N5O/c1-11-15(12-7-4-3-5-8-12)17(25(2)24-11)21-18(26)23-22-16-13(19)9-6-10-14(16)20/h3-10,22H,1-2H3,(H2,21,23,26). The number of carbonyl (C=O) groups is 1. The van der Waals surface area contributed by atoms with Gasteiger partial charge < -0.3 is 0 Å². The average molecular weight is 357 g/mol. The first kappa shape index (κ1) is 17.4. The Balaban J connectivity index is 1.78. The second-order valence-electron chi connectivity index (χ2n) is 5.60. The van der Waals surface area contributed by atoms with Crippen LogP contribution in [0, 0.1) is 18.6 Å². The van der Waals surface area contributed by atoms with Crippen molar-refractivity contribution < 1.29 is 13.6 Å². The molecule has 8 heteroatoms. The minimum atomic E-state index is -0.813. The molecule has 0 saturated carbocycles. The van der Waals surface area contributed by atoms with Gasteiger partial charge in [0.15, 0.2) is 11.6 Å². The summed E-state index contributed by atoms with van der Waals surface area (Å²) in [5, 5.41) is 6.97. The molecule has 134 valence electrons. The van der Waals surface area contributed by atoms with E-state index < -0.39 is 23.4 Å². The lowest BCUT2D eigenvalue weighted by Gasteiger charge is -2.12. The number of carbonyl (C=O) groups excluding carboxylic acids is 1. The quantitative estimate of drug-likeness (QED) is 0.622. The van der Waals surface area contributed by atoms with Gasteiger partial charge in [-0.3, -0.25) is 20.9 Å². The van der Waals surface area contributed by atoms with E-state index in [1.54, 1.807) is 7.05 Å². The number of nitrogens with one attached hydrogen (secondary N) is 3. The van der Waals surface area contributed by atoms with Crippen molar-refractivity contribution in [3.63, 3.8) is 0 Å². The predicted octanol–water partition coefficient (Wildman–Crippen LogP) is 3.82. The SMILES string of the molecule is Cc1nn(C)c(NC(=O)NNc2c(F)cccc2F)c1-c1ccccc1. The van der Waals surface area contributed by atoms with Gasteiger partial charge in [-0.25, -0.2) is 13.6 Å². The molecule has 0 saturated heterocycles. The van der Waals surface area contributed by atoms with E-state index in [4.69, 9.17) is 0 Å². The number of benzene rings is 2. The molecule has 3 aromatic rings. The van der Waals surface area contributed by atoms with Crippen molar-refractivity contribution in [1.82, 2.24) is 15.2 Å². The highest BCUT2D eigenvalue weighted by Crippen LogP contribution is 2.30. The Labute approximate surface area is 148 Å². The lowest BCUT2D eigenvalue weighted by molar-refractivity contribution is 0.253. The van der Waals surface area contributed by atoms with Gasteiger partial charge in [-0.2, -0.15) is 5.10 Å². The number of urea groups is 1. The van der Waals surface area contributed by atoms with Crippen LogP contribution in [0.1, 0.15) is 5.69 Å². The summed E-state index contributed by atoms with van der Waals surface area (Å²) in [6.45, 7) is 1.83. The second-order valence-corrected chi connectivity index (χ2v) is 5.60. The zero-order chi connectivity index (χ0) is 18.7. The Morgan fingerprint density at radius 3 is 2.35 bits per heavy atom. The highest BCUT2D eigenvalue weighted by Gasteiger charge is 2.17. The van der Waals surface area contributed by atoms with E-state index in [2.05, 4.69) is 21.3 Å². The largest absolute Gasteiger partial charge is 0.339 e. The van der Waals surface area contributed by atoms with E-state index in [0.717, 1.165) is 29.0 Å². The van der Waals surface area contributed by atoms with Gasteiger partial charge in [0.05, 0.1) is 5.69 Å². The Morgan fingerprint density at radius 1 is 1.04 bits per heavy atom. The molecule has 0 spiro atoms. The number of anilines is 2. The molecular weight excluding hydrogens is 340 g/mol. The van der Waals surface area contributed by atoms with Crippen molar-refractivity contribution in [1.29, 1.82) is 0 Å². The monoisotopic (exact) mass is 357 g/mol. The van der Waals surface area contributed by atoms with Crippen LogP contribution in [0.4, 0.5) is 25.1 Å². The normalized spacial score (nSPS) is 10.5. The zero-order valence-electron chi connectivity index (χ0n) is 14.2. The minimum Gasteiger partial charge on any atom is -0.292 e. The molecule has 6 nitrogen and oxygen atoms in total. The van der Waals surface area contributed by atoms with Crippen molar-refractivity contribution in [2.45, 2.75) is 6.92 Å². The molecule has 2 amide bonds. The van der Waals surface area contributed by atoms with Crippen LogP contribution in [0.2, 0.25) is 0 Å². The molecule has 0 unspecified atom stereocenters. The van der Waals surface area contributed by atoms with Gasteiger partial charge >= 0.3 is 6.03 Å². The fourth-order valence-corrected chi connectivity index (χ4v) is 2.63. The van der Waals surface area contributed by atoms with E-state index in [9.17, 15) is 13.6 Å². The molecule has 0 radical (unpaired) electrons. The Morgan fingerprint density at radius 2 is 1.69 bits per heavy atom. The molecular formula is C18H17F2N5O. The van der Waals surface area contributed by atoms with Crippen LogP contribution in [-0.2, 0) is 7.05 Å². The van der Waals surface area contributed by atoms with E-state index in [1.807, 2.05) is 37.3 Å². The Kier molecular flexibility index (Phi) is 4.83. The molecule has 3 N–H and O–H groups in total. The third-order valence-corrected chi connectivity index (χ3v) is 3.78. The lowest BCUT2D eigenvalue weighted by atomic mass is 10.1. The molecule has 0 aliphatic heterocycles. The van der Waals surface area contributed by atoms with Crippen LogP contribution in [0.5, 0.6) is 0 Å². The molecule has 2 aromatic carbocycles. The first-order valence-electron chi connectivity index (χ1n) is 7.83. The van der Waals surface area contributed by atoms with Crippen molar-refractivity contribution in [2.75, 3.05) is 10.7 Å². The summed E-state index contributed by atoms with van der Waals surface area (Å²) >= 11 is 0. The summed E-state index contributed by atoms with van der Waals surface area (Å²) in [6.07, 6.45) is 0. The highest BCUT2D eigenvalue weighted by atomic mass is 19.1. The molecule has 0 bridgehead atoms. The first-order chi connectivity index (χ1) is 12.5. The first-order valence-corrected chi connectivity index (χ1v) is 7.83. The molecule has 26 heavy (non-hydrogen) atoms. The summed E-state index contributed by atoms with van der Waals surface area (Å²) in [4.78, 5) is 12.2. The van der Waals surface area contributed by atoms with Crippen LogP contribution < -0.4 is 16.2 Å². The molecule has 0 fully saturated rings. The fraction of sp³-hybridized carbons (Fsp3) is 0.111. The van der Waals surface area contributed by atoms with E-state index >= 15 is 0 Å². The number of aryl methyl sites for hydroxylation is 2. The maximum absolute atomic E-state index is 13.6. The van der Waals surface area contributed by atoms with Gasteiger partial charge in [0, 0.05) is 12.6 Å². The number of para-hydroxylation sites is 1. The highest BCUT2D eigenvalue weighted by molar-refractivity contribution is 5.94. The van der Waals surface area contributed by atoms with Crippen LogP contribution in [0.3, 0.4) is 0 Å². The van der Waals surface area contributed by atoms with Crippen LogP contribution in [-0.4, -0.2) is 15.8 Å². The Hall–Kier alpha value is -3.42. The summed E-state index contributed by atoms with van der Waals surface area (Å²) in [5.41, 5.74) is 6.42. The fourth-order valence-electron chi connectivity index (χ4n) is 2.63. The average Bonchev–Trinajstić information content (AvgIpc) is 2.88. The topological polar surface area (TPSA) is 71.0 Å². The number of amides is 2. The van der Waals surface area contributed by atoms with Gasteiger partial charge in [0.1, 0.15) is 11.5 Å². The summed E-state index contributed by atoms with van der Waals surface area (Å²) in [7, 11) is 1.69. The molecule has 0 aliphatic carbocycles. The van der Waals surface area contributed by atoms with Gasteiger partial charge in [-0.05, 0) is 24.6 Å². The summed E-state index contributed by atoms with van der Waals surface area (Å²) < 4.78 is 28.7. The number of nitrogens with zero attached hydrogens (tertiary/aromatic N) is 2. The zero-order valence-corrected chi connectivity index (χ0v) is 14.2. The molecule has 0 atom stereocenters. The predicted molar refractivity (Wildman–Crippen MR) is 95.5 cm³/mol. The smallest absolute Gasteiger partial charge is 0.292 e. The molecule has 3 rings (SSSR count). The van der Waals surface area contributed by atoms with Crippen LogP contribution in [0.15, 0.2) is 48.5 Å². The summed E-state index contributed by atoms with van der Waals surface area (Å²) in [5.74, 6) is -1.17. The summed E-state index contributed by atoms with van der Waals surface area (Å²) in [6, 6.07) is 12.2. The van der Waals surface area contributed by atoms with Gasteiger partial charge in [-0.1, -0.05) is 36.4 Å². The van der Waals surface area contributed by atoms with Crippen LogP contribution >= 0.6 is 0 Å². The third-order valence-electron chi connectivity index (χ3n) is 3.78. The maximum atomic E-state index is 13.6. The van der Waals surface area contributed by atoms with Crippen molar-refractivity contribution in [3.8, 4) is 11.1 Å². The van der Waals surface area contributed by atoms with E-state index in [-0.39, 0.29) is 0 Å². The molecule has 0 aliphatic rings. The van der Waals surface area contributed by atoms with Crippen molar-refractivity contribution >= 4 is 17.5 Å². The van der Waals surface area contributed by atoms with Gasteiger partial charge in [-0.15, -0.1) is 0 Å². The molecule has 1 aromatic heterocycles. The number of hydrazine groups is 1. The van der Waals surface area contributed by atoms with Crippen molar-refractivity contribution in [2.24, 2.45) is 7.05 Å². The number of aromatic nitrogens is 2. The number of halogens is 2. The van der Waals surface area contributed by atoms with Crippen molar-refractivity contribution in [3.05, 3.63) is 65.9 Å². The maximum Gasteiger partial charge on any atom is 0.339 e. The number of hydrogen-bond donors (Lipinski definition) is 3. The molecule has 1 heterocycles. The van der Waals surface area contributed by atoms with Crippen LogP contribution in [0.25, 0.3) is 11.1 Å². The lowest BCUT2D eigenvalue weighted by Crippen LogP contribution is -2.35. The Bertz CT molecular complexity index is 920. The number of rotatable bonds is 4. The second kappa shape index (κ2) is 7.22. The van der Waals surface area contributed by atoms with Gasteiger partial charge in [0.2, 0.25) is 0 Å². The van der Waals surface area contributed by atoms with Gasteiger partial charge in [0.25, 0.3) is 0 Å². The third kappa shape index (κ3) is 3.49.